The highest BCUT2D eigenvalue weighted by molar-refractivity contribution is 7.19. The number of carboxylic acid groups (broad SMARTS) is 1. The Labute approximate surface area is 137 Å². The summed E-state index contributed by atoms with van der Waals surface area (Å²) in [6.45, 7) is 0. The van der Waals surface area contributed by atoms with Gasteiger partial charge in [-0.05, 0) is 48.9 Å². The Bertz CT molecular complexity index is 887. The SMILES string of the molecule is O=C([O-])c1ccc(Nc2ncnc3sc4c(c23)CCCC4)cc1. The van der Waals surface area contributed by atoms with E-state index < -0.39 is 5.97 Å². The zero-order valence-electron chi connectivity index (χ0n) is 12.3. The highest BCUT2D eigenvalue weighted by Gasteiger charge is 2.19. The van der Waals surface area contributed by atoms with Crippen molar-refractivity contribution in [2.24, 2.45) is 0 Å². The molecule has 1 aliphatic carbocycles. The summed E-state index contributed by atoms with van der Waals surface area (Å²) in [6, 6.07) is 6.49. The molecule has 6 heteroatoms. The molecule has 0 fully saturated rings. The van der Waals surface area contributed by atoms with Gasteiger partial charge in [0.15, 0.2) is 0 Å². The van der Waals surface area contributed by atoms with Crippen LogP contribution in [0.1, 0.15) is 33.6 Å². The van der Waals surface area contributed by atoms with E-state index in [0.717, 1.165) is 34.6 Å². The van der Waals surface area contributed by atoms with E-state index in [2.05, 4.69) is 15.3 Å². The number of carboxylic acids is 1. The summed E-state index contributed by atoms with van der Waals surface area (Å²) < 4.78 is 0. The van der Waals surface area contributed by atoms with E-state index in [9.17, 15) is 9.90 Å². The average Bonchev–Trinajstić information content (AvgIpc) is 2.95. The summed E-state index contributed by atoms with van der Waals surface area (Å²) in [7, 11) is 0. The van der Waals surface area contributed by atoms with Crippen LogP contribution in [0.2, 0.25) is 0 Å². The van der Waals surface area contributed by atoms with E-state index in [1.54, 1.807) is 29.8 Å². The number of aryl methyl sites for hydroxylation is 2. The van der Waals surface area contributed by atoms with Crippen molar-refractivity contribution in [2.45, 2.75) is 25.7 Å². The lowest BCUT2D eigenvalue weighted by atomic mass is 9.97. The Hall–Kier alpha value is -2.47. The van der Waals surface area contributed by atoms with Gasteiger partial charge in [0.2, 0.25) is 0 Å². The number of carbonyl (C=O) groups is 1. The first-order valence-electron chi connectivity index (χ1n) is 7.56. The van der Waals surface area contributed by atoms with Gasteiger partial charge >= 0.3 is 0 Å². The summed E-state index contributed by atoms with van der Waals surface area (Å²) in [6.07, 6.45) is 6.20. The molecule has 1 aromatic carbocycles. The molecule has 23 heavy (non-hydrogen) atoms. The minimum Gasteiger partial charge on any atom is -0.545 e. The third-order valence-electron chi connectivity index (χ3n) is 4.13. The lowest BCUT2D eigenvalue weighted by molar-refractivity contribution is -0.255. The van der Waals surface area contributed by atoms with Crippen LogP contribution in [0, 0.1) is 0 Å². The maximum atomic E-state index is 10.8. The second-order valence-electron chi connectivity index (χ2n) is 5.60. The Morgan fingerprint density at radius 1 is 1.13 bits per heavy atom. The van der Waals surface area contributed by atoms with Gasteiger partial charge in [0.05, 0.1) is 11.4 Å². The van der Waals surface area contributed by atoms with Crippen molar-refractivity contribution in [1.82, 2.24) is 9.97 Å². The molecule has 0 spiro atoms. The van der Waals surface area contributed by atoms with Crippen LogP contribution in [0.25, 0.3) is 10.2 Å². The van der Waals surface area contributed by atoms with E-state index in [4.69, 9.17) is 0 Å². The van der Waals surface area contributed by atoms with Gasteiger partial charge in [-0.1, -0.05) is 12.1 Å². The lowest BCUT2D eigenvalue weighted by Gasteiger charge is -2.12. The van der Waals surface area contributed by atoms with Gasteiger partial charge in [0, 0.05) is 10.6 Å². The molecule has 2 aromatic heterocycles. The van der Waals surface area contributed by atoms with Crippen LogP contribution in [0.15, 0.2) is 30.6 Å². The number of hydrogen-bond acceptors (Lipinski definition) is 6. The monoisotopic (exact) mass is 324 g/mol. The molecule has 0 bridgehead atoms. The number of aromatic nitrogens is 2. The molecule has 0 atom stereocenters. The van der Waals surface area contributed by atoms with Crippen molar-refractivity contribution >= 4 is 39.0 Å². The molecule has 2 heterocycles. The predicted molar refractivity (Wildman–Crippen MR) is 88.1 cm³/mol. The largest absolute Gasteiger partial charge is 0.545 e. The summed E-state index contributed by atoms with van der Waals surface area (Å²) in [5, 5.41) is 15.2. The van der Waals surface area contributed by atoms with Crippen molar-refractivity contribution < 1.29 is 9.90 Å². The standard InChI is InChI=1S/C17H15N3O2S/c21-17(22)10-5-7-11(8-6-10)20-15-14-12-3-1-2-4-13(12)23-16(14)19-9-18-15/h5-9H,1-4H2,(H,21,22)(H,18,19,20)/p-1. The summed E-state index contributed by atoms with van der Waals surface area (Å²) >= 11 is 1.75. The highest BCUT2D eigenvalue weighted by Crippen LogP contribution is 2.38. The first kappa shape index (κ1) is 14.1. The number of fused-ring (bicyclic) bond motifs is 3. The molecule has 0 unspecified atom stereocenters. The number of hydrogen-bond donors (Lipinski definition) is 1. The molecule has 0 saturated heterocycles. The smallest absolute Gasteiger partial charge is 0.142 e. The highest BCUT2D eigenvalue weighted by atomic mass is 32.1. The van der Waals surface area contributed by atoms with Crippen LogP contribution < -0.4 is 10.4 Å². The Morgan fingerprint density at radius 3 is 2.70 bits per heavy atom. The number of nitrogens with one attached hydrogen (secondary N) is 1. The maximum absolute atomic E-state index is 10.8. The Kier molecular flexibility index (Phi) is 3.46. The minimum absolute atomic E-state index is 0.163. The predicted octanol–water partition coefficient (Wildman–Crippen LogP) is 2.68. The number of thiophene rings is 1. The molecule has 5 nitrogen and oxygen atoms in total. The molecule has 4 rings (SSSR count). The number of nitrogens with zero attached hydrogens (tertiary/aromatic N) is 2. The van der Waals surface area contributed by atoms with Gasteiger partial charge in [0.1, 0.15) is 17.0 Å². The third kappa shape index (κ3) is 2.55. The normalized spacial score (nSPS) is 13.7. The topological polar surface area (TPSA) is 77.9 Å². The quantitative estimate of drug-likeness (QED) is 0.801. The Balaban J connectivity index is 1.74. The molecular weight excluding hydrogens is 310 g/mol. The molecule has 0 aliphatic heterocycles. The van der Waals surface area contributed by atoms with Crippen LogP contribution in [0.4, 0.5) is 11.5 Å². The summed E-state index contributed by atoms with van der Waals surface area (Å²) in [5.74, 6) is -0.386. The van der Waals surface area contributed by atoms with E-state index in [1.165, 1.54) is 35.4 Å². The van der Waals surface area contributed by atoms with Crippen molar-refractivity contribution in [1.29, 1.82) is 0 Å². The van der Waals surface area contributed by atoms with Crippen molar-refractivity contribution in [2.75, 3.05) is 5.32 Å². The van der Waals surface area contributed by atoms with E-state index in [0.29, 0.717) is 0 Å². The molecule has 0 saturated carbocycles. The van der Waals surface area contributed by atoms with Crippen molar-refractivity contribution in [3.05, 3.63) is 46.6 Å². The van der Waals surface area contributed by atoms with Crippen molar-refractivity contribution in [3.8, 4) is 0 Å². The second-order valence-corrected chi connectivity index (χ2v) is 6.69. The number of rotatable bonds is 3. The first-order chi connectivity index (χ1) is 11.2. The average molecular weight is 324 g/mol. The van der Waals surface area contributed by atoms with Crippen LogP contribution in [-0.4, -0.2) is 15.9 Å². The first-order valence-corrected chi connectivity index (χ1v) is 8.38. The molecule has 3 aromatic rings. The van der Waals surface area contributed by atoms with Crippen molar-refractivity contribution in [3.63, 3.8) is 0 Å². The minimum atomic E-state index is -1.17. The third-order valence-corrected chi connectivity index (χ3v) is 5.33. The molecule has 116 valence electrons. The fourth-order valence-electron chi connectivity index (χ4n) is 3.01. The molecule has 0 amide bonds. The number of anilines is 2. The molecular formula is C17H14N3O2S-. The zero-order chi connectivity index (χ0) is 15.8. The Morgan fingerprint density at radius 2 is 1.91 bits per heavy atom. The number of carbonyl (C=O) groups excluding carboxylic acids is 1. The van der Waals surface area contributed by atoms with Gasteiger partial charge in [-0.2, -0.15) is 0 Å². The van der Waals surface area contributed by atoms with Crippen LogP contribution in [0.3, 0.4) is 0 Å². The lowest BCUT2D eigenvalue weighted by Crippen LogP contribution is -2.21. The van der Waals surface area contributed by atoms with Gasteiger partial charge in [-0.3, -0.25) is 0 Å². The summed E-state index contributed by atoms with van der Waals surface area (Å²) in [5.41, 5.74) is 2.33. The van der Waals surface area contributed by atoms with Crippen LogP contribution in [-0.2, 0) is 12.8 Å². The van der Waals surface area contributed by atoms with Gasteiger partial charge in [-0.15, -0.1) is 11.3 Å². The van der Waals surface area contributed by atoms with Gasteiger partial charge < -0.3 is 15.2 Å². The molecule has 1 N–H and O–H groups in total. The summed E-state index contributed by atoms with van der Waals surface area (Å²) in [4.78, 5) is 22.1. The maximum Gasteiger partial charge on any atom is 0.142 e. The zero-order valence-corrected chi connectivity index (χ0v) is 13.2. The van der Waals surface area contributed by atoms with Gasteiger partial charge in [-0.25, -0.2) is 9.97 Å². The van der Waals surface area contributed by atoms with E-state index in [1.807, 2.05) is 0 Å². The number of aromatic carboxylic acids is 1. The molecule has 0 radical (unpaired) electrons. The van der Waals surface area contributed by atoms with Crippen LogP contribution >= 0.6 is 11.3 Å². The van der Waals surface area contributed by atoms with E-state index in [-0.39, 0.29) is 5.56 Å². The van der Waals surface area contributed by atoms with Crippen LogP contribution in [0.5, 0.6) is 0 Å². The fraction of sp³-hybridized carbons (Fsp3) is 0.235. The molecule has 1 aliphatic rings. The van der Waals surface area contributed by atoms with Gasteiger partial charge in [0.25, 0.3) is 0 Å². The second kappa shape index (κ2) is 5.62. The van der Waals surface area contributed by atoms with E-state index >= 15 is 0 Å². The number of benzene rings is 1. The fourth-order valence-corrected chi connectivity index (χ4v) is 4.24.